The van der Waals surface area contributed by atoms with Crippen LogP contribution in [0.4, 0.5) is 0 Å². The van der Waals surface area contributed by atoms with Crippen LogP contribution < -0.4 is 14.8 Å². The van der Waals surface area contributed by atoms with E-state index in [1.165, 1.54) is 32.1 Å². The highest BCUT2D eigenvalue weighted by atomic mass is 16.5. The zero-order chi connectivity index (χ0) is 16.1. The molecule has 2 aliphatic rings. The van der Waals surface area contributed by atoms with Gasteiger partial charge in [0.1, 0.15) is 0 Å². The third-order valence-corrected chi connectivity index (χ3v) is 5.13. The molecule has 0 spiro atoms. The van der Waals surface area contributed by atoms with Crippen LogP contribution >= 0.6 is 0 Å². The molecule has 3 rings (SSSR count). The lowest BCUT2D eigenvalue weighted by Gasteiger charge is -2.15. The van der Waals surface area contributed by atoms with Gasteiger partial charge in [-0.1, -0.05) is 31.7 Å². The van der Waals surface area contributed by atoms with Gasteiger partial charge in [-0.3, -0.25) is 4.79 Å². The third kappa shape index (κ3) is 4.18. The molecule has 1 aliphatic carbocycles. The fourth-order valence-corrected chi connectivity index (χ4v) is 3.75. The third-order valence-electron chi connectivity index (χ3n) is 5.13. The van der Waals surface area contributed by atoms with E-state index in [9.17, 15) is 4.79 Å². The first kappa shape index (κ1) is 16.2. The second kappa shape index (κ2) is 7.71. The summed E-state index contributed by atoms with van der Waals surface area (Å²) in [6.07, 6.45) is 8.51. The number of carbonyl (C=O) groups is 1. The summed E-state index contributed by atoms with van der Waals surface area (Å²) < 4.78 is 11.4. The van der Waals surface area contributed by atoms with E-state index in [1.54, 1.807) is 7.11 Å². The normalized spacial score (nSPS) is 21.4. The summed E-state index contributed by atoms with van der Waals surface area (Å²) in [4.78, 5) is 11.4. The van der Waals surface area contributed by atoms with Gasteiger partial charge in [-0.15, -0.1) is 0 Å². The number of hydrogen-bond acceptors (Lipinski definition) is 3. The number of carbonyl (C=O) groups excluding carboxylic acids is 1. The van der Waals surface area contributed by atoms with Crippen LogP contribution in [0.2, 0.25) is 0 Å². The Bertz CT molecular complexity index is 537. The van der Waals surface area contributed by atoms with Crippen molar-refractivity contribution in [3.8, 4) is 11.5 Å². The fraction of sp³-hybridized carbons (Fsp3) is 0.632. The molecule has 1 heterocycles. The predicted octanol–water partition coefficient (Wildman–Crippen LogP) is 3.65. The Balaban J connectivity index is 1.56. The lowest BCUT2D eigenvalue weighted by molar-refractivity contribution is -0.119. The van der Waals surface area contributed by atoms with E-state index in [-0.39, 0.29) is 11.8 Å². The van der Waals surface area contributed by atoms with E-state index in [4.69, 9.17) is 9.47 Å². The molecule has 2 fully saturated rings. The Labute approximate surface area is 138 Å². The summed E-state index contributed by atoms with van der Waals surface area (Å²) in [6, 6.07) is 6.03. The number of amides is 1. The first-order chi connectivity index (χ1) is 11.3. The molecule has 0 bridgehead atoms. The van der Waals surface area contributed by atoms with Crippen molar-refractivity contribution in [3.63, 3.8) is 0 Å². The van der Waals surface area contributed by atoms with E-state index in [1.807, 2.05) is 18.2 Å². The standard InChI is InChI=1S/C19H27NO3/c1-22-17-9-8-15(16-12-19(21)20-13-16)11-18(17)23-10-4-7-14-5-2-3-6-14/h8-9,11,14,16H,2-7,10,12-13H2,1H3,(H,20,21). The lowest BCUT2D eigenvalue weighted by Crippen LogP contribution is -2.13. The summed E-state index contributed by atoms with van der Waals surface area (Å²) in [5, 5.41) is 2.89. The Morgan fingerprint density at radius 1 is 1.22 bits per heavy atom. The van der Waals surface area contributed by atoms with Gasteiger partial charge in [-0.2, -0.15) is 0 Å². The molecule has 0 radical (unpaired) electrons. The van der Waals surface area contributed by atoms with Gasteiger partial charge in [0.2, 0.25) is 5.91 Å². The molecule has 126 valence electrons. The first-order valence-electron chi connectivity index (χ1n) is 8.83. The molecule has 1 aromatic carbocycles. The molecule has 1 aromatic rings. The van der Waals surface area contributed by atoms with E-state index >= 15 is 0 Å². The number of ether oxygens (including phenoxy) is 2. The van der Waals surface area contributed by atoms with Crippen molar-refractivity contribution in [2.45, 2.75) is 50.9 Å². The minimum atomic E-state index is 0.129. The monoisotopic (exact) mass is 317 g/mol. The number of methoxy groups -OCH3 is 1. The van der Waals surface area contributed by atoms with Gasteiger partial charge in [0.15, 0.2) is 11.5 Å². The molecule has 23 heavy (non-hydrogen) atoms. The van der Waals surface area contributed by atoms with Crippen LogP contribution in [0.25, 0.3) is 0 Å². The largest absolute Gasteiger partial charge is 0.493 e. The fourth-order valence-electron chi connectivity index (χ4n) is 3.75. The van der Waals surface area contributed by atoms with Gasteiger partial charge < -0.3 is 14.8 Å². The summed E-state index contributed by atoms with van der Waals surface area (Å²) in [7, 11) is 1.67. The number of nitrogens with one attached hydrogen (secondary N) is 1. The van der Waals surface area contributed by atoms with Crippen LogP contribution in [-0.2, 0) is 4.79 Å². The quantitative estimate of drug-likeness (QED) is 0.781. The highest BCUT2D eigenvalue weighted by Gasteiger charge is 2.24. The van der Waals surface area contributed by atoms with Gasteiger partial charge in [0, 0.05) is 18.9 Å². The number of benzene rings is 1. The van der Waals surface area contributed by atoms with Crippen LogP contribution in [0.5, 0.6) is 11.5 Å². The molecule has 4 heteroatoms. The summed E-state index contributed by atoms with van der Waals surface area (Å²) >= 11 is 0. The van der Waals surface area contributed by atoms with Gasteiger partial charge in [0.25, 0.3) is 0 Å². The maximum absolute atomic E-state index is 11.4. The molecule has 1 atom stereocenters. The zero-order valence-corrected chi connectivity index (χ0v) is 14.0. The smallest absolute Gasteiger partial charge is 0.220 e. The molecule has 1 aliphatic heterocycles. The van der Waals surface area contributed by atoms with Crippen LogP contribution in [0.15, 0.2) is 18.2 Å². The first-order valence-corrected chi connectivity index (χ1v) is 8.83. The summed E-state index contributed by atoms with van der Waals surface area (Å²) in [6.45, 7) is 1.45. The van der Waals surface area contributed by atoms with Gasteiger partial charge in [-0.05, 0) is 36.5 Å². The van der Waals surface area contributed by atoms with E-state index in [0.717, 1.165) is 36.0 Å². The van der Waals surface area contributed by atoms with Crippen molar-refractivity contribution in [3.05, 3.63) is 23.8 Å². The Kier molecular flexibility index (Phi) is 5.42. The lowest BCUT2D eigenvalue weighted by atomic mass is 9.98. The molecule has 1 saturated carbocycles. The maximum atomic E-state index is 11.4. The zero-order valence-electron chi connectivity index (χ0n) is 14.0. The van der Waals surface area contributed by atoms with Gasteiger partial charge in [-0.25, -0.2) is 0 Å². The molecule has 1 amide bonds. The second-order valence-corrected chi connectivity index (χ2v) is 6.76. The predicted molar refractivity (Wildman–Crippen MR) is 90.0 cm³/mol. The van der Waals surface area contributed by atoms with Crippen molar-refractivity contribution in [1.82, 2.24) is 5.32 Å². The molecule has 1 saturated heterocycles. The Morgan fingerprint density at radius 2 is 2.04 bits per heavy atom. The Hall–Kier alpha value is -1.71. The molecule has 4 nitrogen and oxygen atoms in total. The number of rotatable bonds is 7. The maximum Gasteiger partial charge on any atom is 0.220 e. The van der Waals surface area contributed by atoms with Crippen LogP contribution in [0, 0.1) is 5.92 Å². The van der Waals surface area contributed by atoms with E-state index in [2.05, 4.69) is 5.32 Å². The van der Waals surface area contributed by atoms with E-state index < -0.39 is 0 Å². The molecule has 1 unspecified atom stereocenters. The molecule has 1 N–H and O–H groups in total. The van der Waals surface area contributed by atoms with Crippen molar-refractivity contribution in [2.24, 2.45) is 5.92 Å². The minimum absolute atomic E-state index is 0.129. The van der Waals surface area contributed by atoms with Crippen molar-refractivity contribution in [2.75, 3.05) is 20.3 Å². The molecule has 0 aromatic heterocycles. The second-order valence-electron chi connectivity index (χ2n) is 6.76. The average molecular weight is 317 g/mol. The van der Waals surface area contributed by atoms with Crippen LogP contribution in [-0.4, -0.2) is 26.2 Å². The summed E-state index contributed by atoms with van der Waals surface area (Å²) in [5.74, 6) is 2.85. The highest BCUT2D eigenvalue weighted by molar-refractivity contribution is 5.79. The van der Waals surface area contributed by atoms with Crippen molar-refractivity contribution in [1.29, 1.82) is 0 Å². The molecular weight excluding hydrogens is 290 g/mol. The van der Waals surface area contributed by atoms with E-state index in [0.29, 0.717) is 13.0 Å². The average Bonchev–Trinajstić information content (AvgIpc) is 3.23. The Morgan fingerprint density at radius 3 is 2.74 bits per heavy atom. The highest BCUT2D eigenvalue weighted by Crippen LogP contribution is 2.33. The van der Waals surface area contributed by atoms with Crippen LogP contribution in [0.3, 0.4) is 0 Å². The van der Waals surface area contributed by atoms with Crippen molar-refractivity contribution >= 4 is 5.91 Å². The number of hydrogen-bond donors (Lipinski definition) is 1. The topological polar surface area (TPSA) is 47.6 Å². The minimum Gasteiger partial charge on any atom is -0.493 e. The van der Waals surface area contributed by atoms with Crippen LogP contribution in [0.1, 0.15) is 56.4 Å². The SMILES string of the molecule is COc1ccc(C2CNC(=O)C2)cc1OCCCC1CCCC1. The van der Waals surface area contributed by atoms with Crippen molar-refractivity contribution < 1.29 is 14.3 Å². The van der Waals surface area contributed by atoms with Gasteiger partial charge >= 0.3 is 0 Å². The summed E-state index contributed by atoms with van der Waals surface area (Å²) in [5.41, 5.74) is 1.15. The van der Waals surface area contributed by atoms with Gasteiger partial charge in [0.05, 0.1) is 13.7 Å². The molecular formula is C19H27NO3.